The Balaban J connectivity index is 2.32. The molecule has 0 aliphatic heterocycles. The van der Waals surface area contributed by atoms with E-state index in [0.717, 1.165) is 0 Å². The molecule has 0 spiro atoms. The Morgan fingerprint density at radius 1 is 1.12 bits per heavy atom. The summed E-state index contributed by atoms with van der Waals surface area (Å²) in [5, 5.41) is 9.04. The average Bonchev–Trinajstić information content (AvgIpc) is 2.57. The van der Waals surface area contributed by atoms with E-state index in [1.807, 2.05) is 0 Å². The van der Waals surface area contributed by atoms with Gasteiger partial charge in [-0.2, -0.15) is 0 Å². The molecule has 0 heterocycles. The second-order valence-electron chi connectivity index (χ2n) is 4.64. The molecule has 0 saturated carbocycles. The summed E-state index contributed by atoms with van der Waals surface area (Å²) in [6.45, 7) is 1.98. The minimum Gasteiger partial charge on any atom is -0.497 e. The smallest absolute Gasteiger partial charge is 0.343 e. The van der Waals surface area contributed by atoms with Gasteiger partial charge in [0.15, 0.2) is 11.5 Å². The third kappa shape index (κ3) is 3.97. The largest absolute Gasteiger partial charge is 0.497 e. The molecule has 1 N–H and O–H groups in total. The van der Waals surface area contributed by atoms with E-state index >= 15 is 0 Å². The monoisotopic (exact) mass is 350 g/mol. The Labute approximate surface area is 143 Å². The number of carbonyl (C=O) groups excluding carboxylic acids is 1. The van der Waals surface area contributed by atoms with E-state index in [0.29, 0.717) is 5.75 Å². The summed E-state index contributed by atoms with van der Waals surface area (Å²) in [4.78, 5) is 23.3. The van der Waals surface area contributed by atoms with Gasteiger partial charge in [0.1, 0.15) is 5.75 Å². The fourth-order valence-corrected chi connectivity index (χ4v) is 2.18. The van der Waals surface area contributed by atoms with Gasteiger partial charge in [-0.25, -0.2) is 9.59 Å². The molecule has 2 aromatic carbocycles. The van der Waals surface area contributed by atoms with Crippen molar-refractivity contribution >= 4 is 23.5 Å². The summed E-state index contributed by atoms with van der Waals surface area (Å²) in [6.07, 6.45) is 0. The molecule has 2 aromatic rings. The molecule has 0 saturated heterocycles. The number of hydrogen-bond acceptors (Lipinski definition) is 5. The lowest BCUT2D eigenvalue weighted by molar-refractivity contribution is 0.0696. The van der Waals surface area contributed by atoms with Gasteiger partial charge in [-0.15, -0.1) is 0 Å². The van der Waals surface area contributed by atoms with E-state index < -0.39 is 11.9 Å². The SMILES string of the molecule is CCOc1cc(C(=O)O)cc(Cl)c1OC(=O)c1ccc(OC)cc1. The molecule has 0 unspecified atom stereocenters. The highest BCUT2D eigenvalue weighted by molar-refractivity contribution is 6.32. The zero-order chi connectivity index (χ0) is 17.7. The molecular formula is C17H15ClO6. The Bertz CT molecular complexity index is 754. The van der Waals surface area contributed by atoms with E-state index in [1.54, 1.807) is 31.2 Å². The molecule has 0 atom stereocenters. The highest BCUT2D eigenvalue weighted by atomic mass is 35.5. The van der Waals surface area contributed by atoms with Gasteiger partial charge >= 0.3 is 11.9 Å². The maximum atomic E-state index is 12.2. The van der Waals surface area contributed by atoms with E-state index in [9.17, 15) is 9.59 Å². The maximum Gasteiger partial charge on any atom is 0.343 e. The first-order chi connectivity index (χ1) is 11.5. The van der Waals surface area contributed by atoms with E-state index in [-0.39, 0.29) is 34.3 Å². The molecule has 0 aromatic heterocycles. The van der Waals surface area contributed by atoms with E-state index in [1.165, 1.54) is 19.2 Å². The van der Waals surface area contributed by atoms with Crippen LogP contribution in [0.4, 0.5) is 0 Å². The Kier molecular flexibility index (Phi) is 5.65. The highest BCUT2D eigenvalue weighted by Crippen LogP contribution is 2.37. The molecule has 0 bridgehead atoms. The number of methoxy groups -OCH3 is 1. The van der Waals surface area contributed by atoms with Gasteiger partial charge in [-0.05, 0) is 43.3 Å². The topological polar surface area (TPSA) is 82.1 Å². The number of rotatable bonds is 6. The van der Waals surface area contributed by atoms with Gasteiger partial charge in [0, 0.05) is 0 Å². The first-order valence-electron chi connectivity index (χ1n) is 7.02. The van der Waals surface area contributed by atoms with Crippen molar-refractivity contribution in [1.82, 2.24) is 0 Å². The van der Waals surface area contributed by atoms with E-state index in [4.69, 9.17) is 30.9 Å². The van der Waals surface area contributed by atoms with Crippen molar-refractivity contribution in [3.63, 3.8) is 0 Å². The molecule has 126 valence electrons. The molecule has 0 aliphatic carbocycles. The van der Waals surface area contributed by atoms with Gasteiger partial charge in [0.05, 0.1) is 29.9 Å². The molecule has 0 aliphatic rings. The minimum atomic E-state index is -1.16. The predicted octanol–water partition coefficient (Wildman–Crippen LogP) is 3.66. The number of ether oxygens (including phenoxy) is 3. The number of hydrogen-bond donors (Lipinski definition) is 1. The molecule has 2 rings (SSSR count). The molecule has 0 radical (unpaired) electrons. The van der Waals surface area contributed by atoms with Crippen LogP contribution in [0.1, 0.15) is 27.6 Å². The molecular weight excluding hydrogens is 336 g/mol. The fraction of sp³-hybridized carbons (Fsp3) is 0.176. The van der Waals surface area contributed by atoms with Crippen molar-refractivity contribution in [3.05, 3.63) is 52.5 Å². The summed E-state index contributed by atoms with van der Waals surface area (Å²) >= 11 is 6.05. The minimum absolute atomic E-state index is 0.0238. The Morgan fingerprint density at radius 2 is 1.79 bits per heavy atom. The zero-order valence-corrected chi connectivity index (χ0v) is 13.8. The van der Waals surface area contributed by atoms with Crippen molar-refractivity contribution in [1.29, 1.82) is 0 Å². The van der Waals surface area contributed by atoms with Gasteiger partial charge in [-0.3, -0.25) is 0 Å². The number of carboxylic acids is 1. The van der Waals surface area contributed by atoms with Crippen LogP contribution in [-0.4, -0.2) is 30.8 Å². The standard InChI is InChI=1S/C17H15ClO6/c1-3-23-14-9-11(16(19)20)8-13(18)15(14)24-17(21)10-4-6-12(22-2)7-5-10/h4-9H,3H2,1-2H3,(H,19,20). The third-order valence-corrected chi connectivity index (χ3v) is 3.36. The van der Waals surface area contributed by atoms with Crippen molar-refractivity contribution in [2.45, 2.75) is 6.92 Å². The van der Waals surface area contributed by atoms with Crippen LogP contribution < -0.4 is 14.2 Å². The first-order valence-corrected chi connectivity index (χ1v) is 7.40. The van der Waals surface area contributed by atoms with Gasteiger partial charge < -0.3 is 19.3 Å². The normalized spacial score (nSPS) is 10.1. The summed E-state index contributed by atoms with van der Waals surface area (Å²) in [5.41, 5.74) is 0.226. The molecule has 7 heteroatoms. The Morgan fingerprint density at radius 3 is 2.33 bits per heavy atom. The summed E-state index contributed by atoms with van der Waals surface area (Å²) in [6, 6.07) is 8.78. The van der Waals surface area contributed by atoms with Crippen molar-refractivity contribution < 1.29 is 28.9 Å². The van der Waals surface area contributed by atoms with Gasteiger partial charge in [0.25, 0.3) is 0 Å². The van der Waals surface area contributed by atoms with Crippen LogP contribution in [0.25, 0.3) is 0 Å². The number of benzene rings is 2. The molecule has 0 fully saturated rings. The maximum absolute atomic E-state index is 12.2. The second-order valence-corrected chi connectivity index (χ2v) is 5.05. The van der Waals surface area contributed by atoms with Gasteiger partial charge in [-0.1, -0.05) is 11.6 Å². The second kappa shape index (κ2) is 7.70. The van der Waals surface area contributed by atoms with Gasteiger partial charge in [0.2, 0.25) is 0 Å². The third-order valence-electron chi connectivity index (χ3n) is 3.08. The van der Waals surface area contributed by atoms with Crippen molar-refractivity contribution in [2.24, 2.45) is 0 Å². The highest BCUT2D eigenvalue weighted by Gasteiger charge is 2.19. The Hall–Kier alpha value is -2.73. The summed E-state index contributed by atoms with van der Waals surface area (Å²) < 4.78 is 15.7. The van der Waals surface area contributed by atoms with Crippen molar-refractivity contribution in [3.8, 4) is 17.2 Å². The molecule has 0 amide bonds. The van der Waals surface area contributed by atoms with Crippen LogP contribution in [0.15, 0.2) is 36.4 Å². The van der Waals surface area contributed by atoms with E-state index in [2.05, 4.69) is 0 Å². The summed E-state index contributed by atoms with van der Waals surface area (Å²) in [5.74, 6) is -1.14. The predicted molar refractivity (Wildman–Crippen MR) is 87.5 cm³/mol. The first kappa shape index (κ1) is 17.6. The average molecular weight is 351 g/mol. The number of carbonyl (C=O) groups is 2. The zero-order valence-electron chi connectivity index (χ0n) is 13.0. The lowest BCUT2D eigenvalue weighted by atomic mass is 10.2. The number of esters is 1. The number of carboxylic acid groups (broad SMARTS) is 1. The van der Waals surface area contributed by atoms with Crippen LogP contribution in [0.2, 0.25) is 5.02 Å². The lowest BCUT2D eigenvalue weighted by Gasteiger charge is -2.13. The van der Waals surface area contributed by atoms with Crippen molar-refractivity contribution in [2.75, 3.05) is 13.7 Å². The van der Waals surface area contributed by atoms with Crippen LogP contribution in [0.3, 0.4) is 0 Å². The van der Waals surface area contributed by atoms with Crippen LogP contribution in [-0.2, 0) is 0 Å². The van der Waals surface area contributed by atoms with Crippen LogP contribution in [0.5, 0.6) is 17.2 Å². The molecule has 24 heavy (non-hydrogen) atoms. The number of aromatic carboxylic acids is 1. The van der Waals surface area contributed by atoms with Crippen LogP contribution in [0, 0.1) is 0 Å². The molecule has 6 nitrogen and oxygen atoms in total. The summed E-state index contributed by atoms with van der Waals surface area (Å²) in [7, 11) is 1.52. The fourth-order valence-electron chi connectivity index (χ4n) is 1.93. The quantitative estimate of drug-likeness (QED) is 0.632. The number of halogens is 1. The lowest BCUT2D eigenvalue weighted by Crippen LogP contribution is -2.11. The van der Waals surface area contributed by atoms with Crippen LogP contribution >= 0.6 is 11.6 Å².